The summed E-state index contributed by atoms with van der Waals surface area (Å²) in [4.78, 5) is 4.07. The molecule has 2 unspecified atom stereocenters. The molecule has 0 amide bonds. The Balaban J connectivity index is 2.80. The van der Waals surface area contributed by atoms with Crippen LogP contribution in [0.1, 0.15) is 45.8 Å². The molecule has 18 heavy (non-hydrogen) atoms. The highest BCUT2D eigenvalue weighted by Crippen LogP contribution is 2.27. The molecule has 0 radical (unpaired) electrons. The number of aliphatic hydroxyl groups is 1. The highest BCUT2D eigenvalue weighted by atomic mass is 16.5. The van der Waals surface area contributed by atoms with Gasteiger partial charge in [0, 0.05) is 24.0 Å². The molecule has 4 heteroatoms. The smallest absolute Gasteiger partial charge is 0.128 e. The third kappa shape index (κ3) is 4.27. The van der Waals surface area contributed by atoms with Crippen LogP contribution in [-0.2, 0) is 0 Å². The van der Waals surface area contributed by atoms with E-state index >= 15 is 0 Å². The number of aromatic nitrogens is 1. The number of nitrogens with one attached hydrogen (secondary N) is 1. The average Bonchev–Trinajstić information content (AvgIpc) is 2.35. The van der Waals surface area contributed by atoms with Gasteiger partial charge in [-0.2, -0.15) is 0 Å². The third-order valence-electron chi connectivity index (χ3n) is 2.68. The lowest BCUT2D eigenvalue weighted by Gasteiger charge is -2.23. The van der Waals surface area contributed by atoms with Gasteiger partial charge < -0.3 is 15.2 Å². The predicted molar refractivity (Wildman–Crippen MR) is 72.7 cm³/mol. The van der Waals surface area contributed by atoms with E-state index in [-0.39, 0.29) is 12.1 Å². The molecule has 0 aliphatic heterocycles. The average molecular weight is 252 g/mol. The monoisotopic (exact) mass is 252 g/mol. The summed E-state index contributed by atoms with van der Waals surface area (Å²) in [7, 11) is 0. The van der Waals surface area contributed by atoms with Gasteiger partial charge in [-0.05, 0) is 39.8 Å². The molecule has 1 rings (SSSR count). The van der Waals surface area contributed by atoms with Crippen LogP contribution in [0.5, 0.6) is 5.75 Å². The Morgan fingerprint density at radius 1 is 1.39 bits per heavy atom. The van der Waals surface area contributed by atoms with Crippen LogP contribution < -0.4 is 10.1 Å². The Kier molecular flexibility index (Phi) is 6.09. The van der Waals surface area contributed by atoms with Gasteiger partial charge >= 0.3 is 0 Å². The first-order valence-corrected chi connectivity index (χ1v) is 6.58. The molecule has 0 aliphatic carbocycles. The quantitative estimate of drug-likeness (QED) is 0.782. The molecule has 4 nitrogen and oxygen atoms in total. The standard InChI is InChI=1S/C14H24N2O2/c1-5-7-16-11(4)14(17)12-9-15-8-6-13(12)18-10(2)3/h6,8-11,14,16-17H,5,7H2,1-4H3. The summed E-state index contributed by atoms with van der Waals surface area (Å²) < 4.78 is 5.69. The molecular formula is C14H24N2O2. The van der Waals surface area contributed by atoms with E-state index in [0.29, 0.717) is 5.75 Å². The van der Waals surface area contributed by atoms with E-state index in [1.807, 2.05) is 20.8 Å². The zero-order valence-corrected chi connectivity index (χ0v) is 11.7. The fourth-order valence-electron chi connectivity index (χ4n) is 1.73. The SMILES string of the molecule is CCCNC(C)C(O)c1cnccc1OC(C)C. The third-order valence-corrected chi connectivity index (χ3v) is 2.68. The van der Waals surface area contributed by atoms with Gasteiger partial charge in [0.15, 0.2) is 0 Å². The summed E-state index contributed by atoms with van der Waals surface area (Å²) in [5.41, 5.74) is 0.738. The molecule has 0 spiro atoms. The van der Waals surface area contributed by atoms with Crippen LogP contribution in [0.2, 0.25) is 0 Å². The molecule has 2 atom stereocenters. The maximum absolute atomic E-state index is 10.3. The predicted octanol–water partition coefficient (Wildman–Crippen LogP) is 2.29. The van der Waals surface area contributed by atoms with Crippen LogP contribution in [0.4, 0.5) is 0 Å². The molecule has 0 bridgehead atoms. The Morgan fingerprint density at radius 3 is 2.72 bits per heavy atom. The Morgan fingerprint density at radius 2 is 2.11 bits per heavy atom. The number of hydrogen-bond acceptors (Lipinski definition) is 4. The van der Waals surface area contributed by atoms with Crippen molar-refractivity contribution in [2.24, 2.45) is 0 Å². The summed E-state index contributed by atoms with van der Waals surface area (Å²) in [6, 6.07) is 1.77. The Bertz CT molecular complexity index is 355. The fourth-order valence-corrected chi connectivity index (χ4v) is 1.73. The lowest BCUT2D eigenvalue weighted by Crippen LogP contribution is -2.33. The molecule has 0 saturated heterocycles. The number of hydrogen-bond donors (Lipinski definition) is 2. The molecule has 1 aromatic rings. The normalized spacial score (nSPS) is 14.6. The summed E-state index contributed by atoms with van der Waals surface area (Å²) in [5, 5.41) is 13.6. The minimum atomic E-state index is -0.612. The first-order valence-electron chi connectivity index (χ1n) is 6.58. The van der Waals surface area contributed by atoms with Gasteiger partial charge in [-0.25, -0.2) is 0 Å². The number of pyridine rings is 1. The van der Waals surface area contributed by atoms with E-state index in [1.54, 1.807) is 18.5 Å². The molecule has 0 fully saturated rings. The van der Waals surface area contributed by atoms with Crippen LogP contribution >= 0.6 is 0 Å². The van der Waals surface area contributed by atoms with E-state index in [1.165, 1.54) is 0 Å². The molecular weight excluding hydrogens is 228 g/mol. The highest BCUT2D eigenvalue weighted by Gasteiger charge is 2.20. The van der Waals surface area contributed by atoms with Crippen molar-refractivity contribution in [3.63, 3.8) is 0 Å². The summed E-state index contributed by atoms with van der Waals surface area (Å²) in [6.07, 6.45) is 3.86. The van der Waals surface area contributed by atoms with E-state index in [0.717, 1.165) is 18.5 Å². The zero-order valence-electron chi connectivity index (χ0n) is 11.7. The summed E-state index contributed by atoms with van der Waals surface area (Å²) in [6.45, 7) is 8.89. The maximum Gasteiger partial charge on any atom is 0.128 e. The molecule has 0 saturated carbocycles. The molecule has 1 aromatic heterocycles. The Hall–Kier alpha value is -1.13. The van der Waals surface area contributed by atoms with Gasteiger partial charge in [-0.1, -0.05) is 6.92 Å². The molecule has 0 aromatic carbocycles. The number of nitrogens with zero attached hydrogens (tertiary/aromatic N) is 1. The van der Waals surface area contributed by atoms with E-state index in [2.05, 4.69) is 17.2 Å². The first kappa shape index (κ1) is 14.9. The van der Waals surface area contributed by atoms with Crippen LogP contribution in [0.3, 0.4) is 0 Å². The van der Waals surface area contributed by atoms with Crippen molar-refractivity contribution >= 4 is 0 Å². The second-order valence-corrected chi connectivity index (χ2v) is 4.77. The largest absolute Gasteiger partial charge is 0.491 e. The van der Waals surface area contributed by atoms with Crippen molar-refractivity contribution in [1.82, 2.24) is 10.3 Å². The summed E-state index contributed by atoms with van der Waals surface area (Å²) >= 11 is 0. The van der Waals surface area contributed by atoms with E-state index in [4.69, 9.17) is 4.74 Å². The zero-order chi connectivity index (χ0) is 13.5. The minimum Gasteiger partial charge on any atom is -0.491 e. The molecule has 102 valence electrons. The lowest BCUT2D eigenvalue weighted by atomic mass is 10.0. The second-order valence-electron chi connectivity index (χ2n) is 4.77. The van der Waals surface area contributed by atoms with Crippen LogP contribution in [0.25, 0.3) is 0 Å². The van der Waals surface area contributed by atoms with Gasteiger partial charge in [-0.3, -0.25) is 4.98 Å². The van der Waals surface area contributed by atoms with Crippen molar-refractivity contribution in [1.29, 1.82) is 0 Å². The molecule has 2 N–H and O–H groups in total. The second kappa shape index (κ2) is 7.34. The maximum atomic E-state index is 10.3. The minimum absolute atomic E-state index is 0.0244. The van der Waals surface area contributed by atoms with Crippen molar-refractivity contribution in [2.75, 3.05) is 6.54 Å². The topological polar surface area (TPSA) is 54.4 Å². The molecule has 1 heterocycles. The van der Waals surface area contributed by atoms with Crippen molar-refractivity contribution in [3.05, 3.63) is 24.0 Å². The van der Waals surface area contributed by atoms with Crippen LogP contribution in [-0.4, -0.2) is 28.8 Å². The van der Waals surface area contributed by atoms with Crippen LogP contribution in [0, 0.1) is 0 Å². The highest BCUT2D eigenvalue weighted by molar-refractivity contribution is 5.33. The first-order chi connectivity index (χ1) is 8.56. The number of aliphatic hydroxyl groups excluding tert-OH is 1. The molecule has 0 aliphatic rings. The van der Waals surface area contributed by atoms with E-state index in [9.17, 15) is 5.11 Å². The van der Waals surface area contributed by atoms with Gasteiger partial charge in [0.1, 0.15) is 5.75 Å². The number of rotatable bonds is 7. The van der Waals surface area contributed by atoms with Crippen molar-refractivity contribution < 1.29 is 9.84 Å². The summed E-state index contributed by atoms with van der Waals surface area (Å²) in [5.74, 6) is 0.706. The Labute approximate surface area is 109 Å². The van der Waals surface area contributed by atoms with Gasteiger partial charge in [-0.15, -0.1) is 0 Å². The van der Waals surface area contributed by atoms with Crippen molar-refractivity contribution in [3.8, 4) is 5.75 Å². The lowest BCUT2D eigenvalue weighted by molar-refractivity contribution is 0.128. The van der Waals surface area contributed by atoms with Crippen LogP contribution in [0.15, 0.2) is 18.5 Å². The van der Waals surface area contributed by atoms with Gasteiger partial charge in [0.05, 0.1) is 12.2 Å². The van der Waals surface area contributed by atoms with Crippen molar-refractivity contribution in [2.45, 2.75) is 52.4 Å². The van der Waals surface area contributed by atoms with Gasteiger partial charge in [0.25, 0.3) is 0 Å². The van der Waals surface area contributed by atoms with E-state index < -0.39 is 6.10 Å². The number of ether oxygens (including phenoxy) is 1. The fraction of sp³-hybridized carbons (Fsp3) is 0.643. The van der Waals surface area contributed by atoms with Gasteiger partial charge in [0.2, 0.25) is 0 Å².